The van der Waals surface area contributed by atoms with Gasteiger partial charge in [-0.05, 0) is 36.9 Å². The lowest BCUT2D eigenvalue weighted by Crippen LogP contribution is -2.42. The van der Waals surface area contributed by atoms with Crippen molar-refractivity contribution in [2.24, 2.45) is 4.99 Å². The molecule has 1 heterocycles. The average Bonchev–Trinajstić information content (AvgIpc) is 3.11. The first kappa shape index (κ1) is 21.6. The van der Waals surface area contributed by atoms with Gasteiger partial charge in [0.2, 0.25) is 0 Å². The molecule has 2 N–H and O–H groups in total. The van der Waals surface area contributed by atoms with E-state index >= 15 is 0 Å². The predicted molar refractivity (Wildman–Crippen MR) is 116 cm³/mol. The van der Waals surface area contributed by atoms with Crippen LogP contribution >= 0.6 is 35.3 Å². The molecule has 0 saturated heterocycles. The van der Waals surface area contributed by atoms with Gasteiger partial charge < -0.3 is 20.1 Å². The van der Waals surface area contributed by atoms with Crippen LogP contribution in [-0.4, -0.2) is 39.3 Å². The summed E-state index contributed by atoms with van der Waals surface area (Å²) in [5.41, 5.74) is 0. The maximum Gasteiger partial charge on any atom is 0.191 e. The standard InChI is InChI=1S/C18H25N3O2S.HI/c1-14(23-16-7-4-6-15(12-16)22-3)13-21-18(19-2)20-10-9-17-8-5-11-24-17;/h4-8,11-12,14H,9-10,13H2,1-3H3,(H2,19,20,21);1H. The van der Waals surface area contributed by atoms with E-state index in [1.54, 1.807) is 25.5 Å². The van der Waals surface area contributed by atoms with Crippen molar-refractivity contribution in [1.29, 1.82) is 0 Å². The minimum absolute atomic E-state index is 0. The van der Waals surface area contributed by atoms with E-state index in [2.05, 4.69) is 33.1 Å². The number of halogens is 1. The molecule has 1 unspecified atom stereocenters. The molecule has 0 bridgehead atoms. The van der Waals surface area contributed by atoms with Crippen LogP contribution in [0.5, 0.6) is 11.5 Å². The van der Waals surface area contributed by atoms with Crippen LogP contribution in [0.15, 0.2) is 46.8 Å². The molecule has 1 aromatic heterocycles. The minimum Gasteiger partial charge on any atom is -0.497 e. The van der Waals surface area contributed by atoms with E-state index in [-0.39, 0.29) is 30.1 Å². The summed E-state index contributed by atoms with van der Waals surface area (Å²) >= 11 is 1.77. The molecule has 0 amide bonds. The highest BCUT2D eigenvalue weighted by Crippen LogP contribution is 2.19. The second-order valence-corrected chi connectivity index (χ2v) is 6.35. The molecule has 0 aliphatic heterocycles. The molecule has 0 aliphatic rings. The van der Waals surface area contributed by atoms with Gasteiger partial charge in [-0.25, -0.2) is 0 Å². The number of aliphatic imine (C=N–C) groups is 1. The number of hydrogen-bond acceptors (Lipinski definition) is 4. The number of benzene rings is 1. The molecule has 1 aromatic carbocycles. The third-order valence-corrected chi connectivity index (χ3v) is 4.34. The van der Waals surface area contributed by atoms with Crippen molar-refractivity contribution < 1.29 is 9.47 Å². The molecule has 138 valence electrons. The summed E-state index contributed by atoms with van der Waals surface area (Å²) in [5.74, 6) is 2.37. The van der Waals surface area contributed by atoms with Gasteiger partial charge in [0.1, 0.15) is 17.6 Å². The molecule has 0 saturated carbocycles. The van der Waals surface area contributed by atoms with Gasteiger partial charge >= 0.3 is 0 Å². The largest absolute Gasteiger partial charge is 0.497 e. The molecular weight excluding hydrogens is 449 g/mol. The van der Waals surface area contributed by atoms with Crippen molar-refractivity contribution in [2.45, 2.75) is 19.4 Å². The molecule has 0 radical (unpaired) electrons. The maximum absolute atomic E-state index is 5.89. The van der Waals surface area contributed by atoms with Gasteiger partial charge in [-0.1, -0.05) is 12.1 Å². The van der Waals surface area contributed by atoms with Gasteiger partial charge in [0, 0.05) is 24.5 Å². The Bertz CT molecular complexity index is 635. The van der Waals surface area contributed by atoms with E-state index < -0.39 is 0 Å². The van der Waals surface area contributed by atoms with E-state index in [1.165, 1.54) is 4.88 Å². The predicted octanol–water partition coefficient (Wildman–Crippen LogP) is 3.55. The van der Waals surface area contributed by atoms with Crippen molar-refractivity contribution in [3.05, 3.63) is 46.7 Å². The molecule has 25 heavy (non-hydrogen) atoms. The highest BCUT2D eigenvalue weighted by molar-refractivity contribution is 14.0. The average molecular weight is 475 g/mol. The Morgan fingerprint density at radius 2 is 2.00 bits per heavy atom. The summed E-state index contributed by atoms with van der Waals surface area (Å²) in [6.07, 6.45) is 1.00. The van der Waals surface area contributed by atoms with Crippen LogP contribution < -0.4 is 20.1 Å². The molecule has 1 atom stereocenters. The SMILES string of the molecule is CN=C(NCCc1cccs1)NCC(C)Oc1cccc(OC)c1.I. The first-order chi connectivity index (χ1) is 11.7. The van der Waals surface area contributed by atoms with E-state index in [9.17, 15) is 0 Å². The normalized spacial score (nSPS) is 12.0. The summed E-state index contributed by atoms with van der Waals surface area (Å²) in [6.45, 7) is 3.53. The summed E-state index contributed by atoms with van der Waals surface area (Å²) in [4.78, 5) is 5.60. The first-order valence-corrected chi connectivity index (χ1v) is 8.87. The lowest BCUT2D eigenvalue weighted by molar-refractivity contribution is 0.223. The number of thiophene rings is 1. The third kappa shape index (κ3) is 7.96. The Kier molecular flexibility index (Phi) is 10.3. The number of hydrogen-bond donors (Lipinski definition) is 2. The topological polar surface area (TPSA) is 54.9 Å². The quantitative estimate of drug-likeness (QED) is 0.349. The van der Waals surface area contributed by atoms with Gasteiger partial charge in [-0.15, -0.1) is 35.3 Å². The summed E-state index contributed by atoms with van der Waals surface area (Å²) < 4.78 is 11.1. The van der Waals surface area contributed by atoms with Gasteiger partial charge in [0.25, 0.3) is 0 Å². The van der Waals surface area contributed by atoms with E-state index in [0.717, 1.165) is 30.4 Å². The third-order valence-electron chi connectivity index (χ3n) is 3.40. The molecule has 7 heteroatoms. The van der Waals surface area contributed by atoms with Crippen LogP contribution in [0, 0.1) is 0 Å². The molecule has 0 aliphatic carbocycles. The molecule has 5 nitrogen and oxygen atoms in total. The fourth-order valence-corrected chi connectivity index (χ4v) is 2.88. The lowest BCUT2D eigenvalue weighted by Gasteiger charge is -2.18. The zero-order valence-corrected chi connectivity index (χ0v) is 18.0. The van der Waals surface area contributed by atoms with E-state index in [0.29, 0.717) is 6.54 Å². The van der Waals surface area contributed by atoms with Crippen LogP contribution in [0.1, 0.15) is 11.8 Å². The lowest BCUT2D eigenvalue weighted by atomic mass is 10.3. The Balaban J connectivity index is 0.00000312. The zero-order chi connectivity index (χ0) is 17.2. The maximum atomic E-state index is 5.89. The van der Waals surface area contributed by atoms with Gasteiger partial charge in [-0.2, -0.15) is 0 Å². The Morgan fingerprint density at radius 1 is 1.20 bits per heavy atom. The molecule has 2 aromatic rings. The molecule has 0 fully saturated rings. The molecule has 0 spiro atoms. The number of ether oxygens (including phenoxy) is 2. The summed E-state index contributed by atoms with van der Waals surface area (Å²) in [6, 6.07) is 11.8. The van der Waals surface area contributed by atoms with Crippen molar-refractivity contribution >= 4 is 41.3 Å². The van der Waals surface area contributed by atoms with Crippen LogP contribution in [0.25, 0.3) is 0 Å². The number of guanidine groups is 1. The Morgan fingerprint density at radius 3 is 2.68 bits per heavy atom. The van der Waals surface area contributed by atoms with Crippen molar-refractivity contribution in [2.75, 3.05) is 27.2 Å². The van der Waals surface area contributed by atoms with Crippen molar-refractivity contribution in [3.63, 3.8) is 0 Å². The van der Waals surface area contributed by atoms with Crippen LogP contribution in [-0.2, 0) is 6.42 Å². The number of rotatable bonds is 8. The first-order valence-electron chi connectivity index (χ1n) is 7.99. The molecule has 2 rings (SSSR count). The summed E-state index contributed by atoms with van der Waals surface area (Å²) in [7, 11) is 3.42. The highest BCUT2D eigenvalue weighted by Gasteiger charge is 2.06. The van der Waals surface area contributed by atoms with Crippen LogP contribution in [0.4, 0.5) is 0 Å². The fourth-order valence-electron chi connectivity index (χ4n) is 2.17. The van der Waals surface area contributed by atoms with Gasteiger partial charge in [0.05, 0.1) is 13.7 Å². The Hall–Kier alpha value is -1.48. The van der Waals surface area contributed by atoms with Crippen molar-refractivity contribution in [1.82, 2.24) is 10.6 Å². The molecular formula is C18H26IN3O2S. The fraction of sp³-hybridized carbons (Fsp3) is 0.389. The Labute approximate surface area is 170 Å². The second kappa shape index (κ2) is 12.0. The summed E-state index contributed by atoms with van der Waals surface area (Å²) in [5, 5.41) is 8.70. The van der Waals surface area contributed by atoms with Gasteiger partial charge in [-0.3, -0.25) is 4.99 Å². The smallest absolute Gasteiger partial charge is 0.191 e. The number of methoxy groups -OCH3 is 1. The van der Waals surface area contributed by atoms with Crippen molar-refractivity contribution in [3.8, 4) is 11.5 Å². The van der Waals surface area contributed by atoms with Crippen LogP contribution in [0.2, 0.25) is 0 Å². The highest BCUT2D eigenvalue weighted by atomic mass is 127. The van der Waals surface area contributed by atoms with E-state index in [1.807, 2.05) is 31.2 Å². The monoisotopic (exact) mass is 475 g/mol. The number of nitrogens with one attached hydrogen (secondary N) is 2. The van der Waals surface area contributed by atoms with Crippen LogP contribution in [0.3, 0.4) is 0 Å². The van der Waals surface area contributed by atoms with Gasteiger partial charge in [0.15, 0.2) is 5.96 Å². The number of nitrogens with zero attached hydrogens (tertiary/aromatic N) is 1. The zero-order valence-electron chi connectivity index (χ0n) is 14.8. The second-order valence-electron chi connectivity index (χ2n) is 5.32. The minimum atomic E-state index is 0. The van der Waals surface area contributed by atoms with E-state index in [4.69, 9.17) is 9.47 Å².